The molecule has 0 radical (unpaired) electrons. The second-order valence-electron chi connectivity index (χ2n) is 2.39. The average molecular weight is 206 g/mol. The molecule has 2 atom stereocenters. The molecule has 0 rings (SSSR count). The molecule has 0 heterocycles. The zero-order chi connectivity index (χ0) is 11.3. The summed E-state index contributed by atoms with van der Waals surface area (Å²) in [6.45, 7) is 1.41. The van der Waals surface area contributed by atoms with E-state index in [1.807, 2.05) is 0 Å². The smallest absolute Gasteiger partial charge is 0.348 e. The monoisotopic (exact) mass is 206 g/mol. The van der Waals surface area contributed by atoms with Crippen molar-refractivity contribution in [3.8, 4) is 0 Å². The van der Waals surface area contributed by atoms with Crippen molar-refractivity contribution in [1.29, 1.82) is 0 Å². The Labute approximate surface area is 78.9 Å². The van der Waals surface area contributed by atoms with Crippen LogP contribution < -0.4 is 0 Å². The van der Waals surface area contributed by atoms with E-state index in [1.54, 1.807) is 0 Å². The van der Waals surface area contributed by atoms with E-state index in [1.165, 1.54) is 6.92 Å². The highest BCUT2D eigenvalue weighted by Gasteiger charge is 2.35. The highest BCUT2D eigenvalue weighted by Crippen LogP contribution is 2.02. The van der Waals surface area contributed by atoms with Crippen LogP contribution in [0.5, 0.6) is 0 Å². The number of aliphatic hydroxyl groups is 1. The molecule has 0 aromatic rings. The van der Waals surface area contributed by atoms with Crippen molar-refractivity contribution < 1.29 is 34.4 Å². The molecule has 80 valence electrons. The minimum atomic E-state index is -2.26. The molecular formula is C7H10O7. The summed E-state index contributed by atoms with van der Waals surface area (Å²) in [6.07, 6.45) is -4.43. The summed E-state index contributed by atoms with van der Waals surface area (Å²) in [6, 6.07) is 0. The van der Waals surface area contributed by atoms with Crippen LogP contribution in [0, 0.1) is 0 Å². The molecule has 7 heteroatoms. The van der Waals surface area contributed by atoms with Crippen LogP contribution in [-0.4, -0.2) is 45.4 Å². The number of aliphatic hydroxyl groups excluding tert-OH is 1. The van der Waals surface area contributed by atoms with Crippen molar-refractivity contribution in [2.24, 2.45) is 0 Å². The van der Waals surface area contributed by atoms with Crippen LogP contribution in [-0.2, 0) is 19.1 Å². The summed E-state index contributed by atoms with van der Waals surface area (Å²) in [5.41, 5.74) is 0. The van der Waals surface area contributed by atoms with Crippen molar-refractivity contribution in [2.45, 2.75) is 25.6 Å². The van der Waals surface area contributed by atoms with Gasteiger partial charge in [-0.25, -0.2) is 9.59 Å². The number of carboxylic acids is 2. The number of carbonyl (C=O) groups excluding carboxylic acids is 1. The second kappa shape index (κ2) is 5.18. The Kier molecular flexibility index (Phi) is 4.57. The lowest BCUT2D eigenvalue weighted by atomic mass is 10.2. The van der Waals surface area contributed by atoms with Crippen molar-refractivity contribution in [1.82, 2.24) is 0 Å². The van der Waals surface area contributed by atoms with Crippen LogP contribution in [0.4, 0.5) is 0 Å². The number of carboxylic acid groups (broad SMARTS) is 2. The predicted molar refractivity (Wildman–Crippen MR) is 41.4 cm³/mol. The zero-order valence-electron chi connectivity index (χ0n) is 7.34. The Balaban J connectivity index is 4.52. The van der Waals surface area contributed by atoms with Crippen LogP contribution >= 0.6 is 0 Å². The molecule has 14 heavy (non-hydrogen) atoms. The largest absolute Gasteiger partial charge is 0.479 e. The first-order valence-corrected chi connectivity index (χ1v) is 3.73. The molecule has 0 amide bonds. The van der Waals surface area contributed by atoms with Gasteiger partial charge in [0.05, 0.1) is 0 Å². The number of rotatable bonds is 5. The van der Waals surface area contributed by atoms with E-state index in [0.29, 0.717) is 0 Å². The number of carbonyl (C=O) groups is 3. The first-order chi connectivity index (χ1) is 6.40. The molecule has 0 aliphatic carbocycles. The quantitative estimate of drug-likeness (QED) is 0.485. The molecule has 0 spiro atoms. The average Bonchev–Trinajstić information content (AvgIpc) is 2.11. The van der Waals surface area contributed by atoms with Crippen LogP contribution in [0.15, 0.2) is 0 Å². The Morgan fingerprint density at radius 3 is 2.00 bits per heavy atom. The number of hydrogen-bond acceptors (Lipinski definition) is 5. The fourth-order valence-corrected chi connectivity index (χ4v) is 0.604. The molecule has 3 N–H and O–H groups in total. The number of esters is 1. The van der Waals surface area contributed by atoms with Gasteiger partial charge in [-0.1, -0.05) is 6.92 Å². The van der Waals surface area contributed by atoms with E-state index in [-0.39, 0.29) is 6.42 Å². The molecule has 0 saturated heterocycles. The number of hydrogen-bond donors (Lipinski definition) is 3. The highest BCUT2D eigenvalue weighted by molar-refractivity contribution is 5.85. The topological polar surface area (TPSA) is 121 Å². The second-order valence-corrected chi connectivity index (χ2v) is 2.39. The minimum Gasteiger partial charge on any atom is -0.479 e. The molecule has 0 aliphatic heterocycles. The van der Waals surface area contributed by atoms with E-state index in [9.17, 15) is 14.4 Å². The van der Waals surface area contributed by atoms with Crippen molar-refractivity contribution >= 4 is 17.9 Å². The fraction of sp³-hybridized carbons (Fsp3) is 0.571. The van der Waals surface area contributed by atoms with Gasteiger partial charge < -0.3 is 20.1 Å². The van der Waals surface area contributed by atoms with Gasteiger partial charge in [0.2, 0.25) is 6.10 Å². The van der Waals surface area contributed by atoms with Gasteiger partial charge in [0, 0.05) is 6.42 Å². The highest BCUT2D eigenvalue weighted by atomic mass is 16.6. The molecular weight excluding hydrogens is 196 g/mol. The van der Waals surface area contributed by atoms with Gasteiger partial charge in [-0.15, -0.1) is 0 Å². The Hall–Kier alpha value is -1.63. The molecule has 0 bridgehead atoms. The molecule has 0 aromatic heterocycles. The summed E-state index contributed by atoms with van der Waals surface area (Å²) in [5.74, 6) is -4.36. The van der Waals surface area contributed by atoms with E-state index >= 15 is 0 Å². The van der Waals surface area contributed by atoms with Gasteiger partial charge >= 0.3 is 17.9 Å². The molecule has 0 saturated carbocycles. The lowest BCUT2D eigenvalue weighted by molar-refractivity contribution is -0.178. The zero-order valence-corrected chi connectivity index (χ0v) is 7.34. The summed E-state index contributed by atoms with van der Waals surface area (Å²) in [5, 5.41) is 25.6. The van der Waals surface area contributed by atoms with Gasteiger partial charge in [-0.3, -0.25) is 4.79 Å². The summed E-state index contributed by atoms with van der Waals surface area (Å²) in [4.78, 5) is 31.3. The lowest BCUT2D eigenvalue weighted by Crippen LogP contribution is -2.42. The van der Waals surface area contributed by atoms with Gasteiger partial charge in [0.15, 0.2) is 6.10 Å². The normalized spacial score (nSPS) is 14.1. The van der Waals surface area contributed by atoms with Crippen LogP contribution in [0.2, 0.25) is 0 Å². The third-order valence-corrected chi connectivity index (χ3v) is 1.33. The maximum absolute atomic E-state index is 10.7. The number of ether oxygens (including phenoxy) is 1. The first-order valence-electron chi connectivity index (χ1n) is 3.73. The van der Waals surface area contributed by atoms with E-state index in [2.05, 4.69) is 4.74 Å². The minimum absolute atomic E-state index is 0.101. The van der Waals surface area contributed by atoms with E-state index < -0.39 is 30.1 Å². The molecule has 7 nitrogen and oxygen atoms in total. The van der Waals surface area contributed by atoms with Gasteiger partial charge in [-0.2, -0.15) is 0 Å². The summed E-state index contributed by atoms with van der Waals surface area (Å²) in [7, 11) is 0. The fourth-order valence-electron chi connectivity index (χ4n) is 0.604. The molecule has 0 fully saturated rings. The summed E-state index contributed by atoms with van der Waals surface area (Å²) >= 11 is 0. The Morgan fingerprint density at radius 1 is 1.21 bits per heavy atom. The van der Waals surface area contributed by atoms with Crippen LogP contribution in [0.1, 0.15) is 13.3 Å². The van der Waals surface area contributed by atoms with Crippen molar-refractivity contribution in [3.05, 3.63) is 0 Å². The Morgan fingerprint density at radius 2 is 1.71 bits per heavy atom. The van der Waals surface area contributed by atoms with Gasteiger partial charge in [-0.05, 0) is 0 Å². The SMILES string of the molecule is CCC(=O)OC(C(=O)O)C(O)C(=O)O. The van der Waals surface area contributed by atoms with E-state index in [0.717, 1.165) is 0 Å². The molecule has 2 unspecified atom stereocenters. The molecule has 0 aromatic carbocycles. The van der Waals surface area contributed by atoms with Crippen LogP contribution in [0.25, 0.3) is 0 Å². The predicted octanol–water partition coefficient (Wildman–Crippen LogP) is -1.16. The maximum Gasteiger partial charge on any atom is 0.348 e. The van der Waals surface area contributed by atoms with Gasteiger partial charge in [0.25, 0.3) is 0 Å². The first kappa shape index (κ1) is 12.4. The number of aliphatic carboxylic acids is 2. The third-order valence-electron chi connectivity index (χ3n) is 1.33. The molecule has 0 aliphatic rings. The standard InChI is InChI=1S/C7H10O7/c1-2-3(8)14-5(7(12)13)4(9)6(10)11/h4-5,9H,2H2,1H3,(H,10,11)(H,12,13). The van der Waals surface area contributed by atoms with Crippen molar-refractivity contribution in [2.75, 3.05) is 0 Å². The summed E-state index contributed by atoms with van der Waals surface area (Å²) < 4.78 is 4.21. The van der Waals surface area contributed by atoms with Crippen LogP contribution in [0.3, 0.4) is 0 Å². The van der Waals surface area contributed by atoms with E-state index in [4.69, 9.17) is 15.3 Å². The van der Waals surface area contributed by atoms with Gasteiger partial charge in [0.1, 0.15) is 0 Å². The lowest BCUT2D eigenvalue weighted by Gasteiger charge is -2.15. The van der Waals surface area contributed by atoms with Crippen molar-refractivity contribution in [3.63, 3.8) is 0 Å². The maximum atomic E-state index is 10.7. The Bertz CT molecular complexity index is 246. The third kappa shape index (κ3) is 3.40.